The van der Waals surface area contributed by atoms with Gasteiger partial charge in [0.05, 0.1) is 12.7 Å². The van der Waals surface area contributed by atoms with Crippen molar-refractivity contribution < 1.29 is 14.1 Å². The number of methoxy groups -OCH3 is 1. The Morgan fingerprint density at radius 1 is 1.53 bits per heavy atom. The predicted octanol–water partition coefficient (Wildman–Crippen LogP) is 2.12. The van der Waals surface area contributed by atoms with Gasteiger partial charge in [0.15, 0.2) is 5.69 Å². The van der Waals surface area contributed by atoms with Gasteiger partial charge in [0.25, 0.3) is 5.91 Å². The van der Waals surface area contributed by atoms with E-state index in [0.29, 0.717) is 22.8 Å². The lowest BCUT2D eigenvalue weighted by molar-refractivity contribution is 0.101. The van der Waals surface area contributed by atoms with E-state index in [9.17, 15) is 4.79 Å². The number of anilines is 1. The van der Waals surface area contributed by atoms with Crippen LogP contribution in [0, 0.1) is 18.3 Å². The van der Waals surface area contributed by atoms with Gasteiger partial charge in [-0.25, -0.2) is 0 Å². The Labute approximate surface area is 109 Å². The molecule has 0 spiro atoms. The standard InChI is InChI=1S/C13H11N3O3/c1-8-6-10(16-19-8)13(17)15-12-9(7-14)4-3-5-11(12)18-2/h3-6H,1-2H3,(H,15,17). The number of hydrogen-bond acceptors (Lipinski definition) is 5. The molecular weight excluding hydrogens is 246 g/mol. The van der Waals surface area contributed by atoms with Gasteiger partial charge in [-0.15, -0.1) is 0 Å². The van der Waals surface area contributed by atoms with Crippen molar-refractivity contribution in [2.45, 2.75) is 6.92 Å². The summed E-state index contributed by atoms with van der Waals surface area (Å²) in [6.45, 7) is 1.69. The van der Waals surface area contributed by atoms with Crippen LogP contribution in [0.4, 0.5) is 5.69 Å². The number of carbonyl (C=O) groups excluding carboxylic acids is 1. The molecule has 0 aliphatic rings. The van der Waals surface area contributed by atoms with E-state index >= 15 is 0 Å². The number of benzene rings is 1. The molecule has 1 aromatic carbocycles. The maximum atomic E-state index is 12.0. The molecule has 0 atom stereocenters. The molecule has 6 nitrogen and oxygen atoms in total. The minimum Gasteiger partial charge on any atom is -0.495 e. The Bertz CT molecular complexity index is 655. The summed E-state index contributed by atoms with van der Waals surface area (Å²) in [4.78, 5) is 12.0. The van der Waals surface area contributed by atoms with Crippen LogP contribution in [0.5, 0.6) is 5.75 Å². The molecule has 19 heavy (non-hydrogen) atoms. The van der Waals surface area contributed by atoms with Gasteiger partial charge in [-0.05, 0) is 19.1 Å². The second kappa shape index (κ2) is 5.23. The fraction of sp³-hybridized carbons (Fsp3) is 0.154. The summed E-state index contributed by atoms with van der Waals surface area (Å²) in [7, 11) is 1.46. The summed E-state index contributed by atoms with van der Waals surface area (Å²) >= 11 is 0. The van der Waals surface area contributed by atoms with Crippen molar-refractivity contribution in [2.24, 2.45) is 0 Å². The van der Waals surface area contributed by atoms with Crippen LogP contribution in [0.15, 0.2) is 28.8 Å². The molecule has 2 aromatic rings. The molecule has 2 rings (SSSR count). The monoisotopic (exact) mass is 257 g/mol. The summed E-state index contributed by atoms with van der Waals surface area (Å²) in [5.74, 6) is 0.483. The van der Waals surface area contributed by atoms with Crippen LogP contribution in [0.25, 0.3) is 0 Å². The molecule has 0 saturated carbocycles. The van der Waals surface area contributed by atoms with Crippen LogP contribution in [-0.4, -0.2) is 18.2 Å². The number of nitrogens with zero attached hydrogens (tertiary/aromatic N) is 2. The lowest BCUT2D eigenvalue weighted by atomic mass is 10.1. The zero-order valence-corrected chi connectivity index (χ0v) is 10.4. The van der Waals surface area contributed by atoms with Crippen LogP contribution in [0.2, 0.25) is 0 Å². The van der Waals surface area contributed by atoms with Crippen molar-refractivity contribution in [2.75, 3.05) is 12.4 Å². The number of nitriles is 1. The van der Waals surface area contributed by atoms with Gasteiger partial charge < -0.3 is 14.6 Å². The molecule has 1 amide bonds. The summed E-state index contributed by atoms with van der Waals surface area (Å²) in [6.07, 6.45) is 0. The zero-order chi connectivity index (χ0) is 13.8. The minimum atomic E-state index is -0.460. The molecule has 0 aliphatic heterocycles. The second-order valence-electron chi connectivity index (χ2n) is 3.77. The van der Waals surface area contributed by atoms with Gasteiger partial charge in [-0.3, -0.25) is 4.79 Å². The molecule has 0 aliphatic carbocycles. The predicted molar refractivity (Wildman–Crippen MR) is 66.9 cm³/mol. The lowest BCUT2D eigenvalue weighted by Crippen LogP contribution is -2.14. The van der Waals surface area contributed by atoms with Crippen molar-refractivity contribution in [3.05, 3.63) is 41.3 Å². The minimum absolute atomic E-state index is 0.146. The molecule has 0 unspecified atom stereocenters. The van der Waals surface area contributed by atoms with E-state index in [2.05, 4.69) is 10.5 Å². The Hall–Kier alpha value is -2.81. The normalized spacial score (nSPS) is 9.74. The molecule has 1 N–H and O–H groups in total. The smallest absolute Gasteiger partial charge is 0.277 e. The first-order valence-corrected chi connectivity index (χ1v) is 5.47. The highest BCUT2D eigenvalue weighted by Crippen LogP contribution is 2.28. The van der Waals surface area contributed by atoms with Crippen molar-refractivity contribution >= 4 is 11.6 Å². The number of para-hydroxylation sites is 1. The van der Waals surface area contributed by atoms with E-state index in [0.717, 1.165) is 0 Å². The van der Waals surface area contributed by atoms with Gasteiger partial charge >= 0.3 is 0 Å². The molecule has 6 heteroatoms. The molecule has 0 saturated heterocycles. The van der Waals surface area contributed by atoms with Gasteiger partial charge in [0.1, 0.15) is 23.3 Å². The zero-order valence-electron chi connectivity index (χ0n) is 10.4. The average molecular weight is 257 g/mol. The van der Waals surface area contributed by atoms with Crippen molar-refractivity contribution in [1.29, 1.82) is 5.26 Å². The van der Waals surface area contributed by atoms with E-state index in [-0.39, 0.29) is 5.69 Å². The first-order valence-electron chi connectivity index (χ1n) is 5.47. The molecular formula is C13H11N3O3. The first-order chi connectivity index (χ1) is 9.15. The highest BCUT2D eigenvalue weighted by molar-refractivity contribution is 6.04. The van der Waals surface area contributed by atoms with E-state index in [1.165, 1.54) is 13.2 Å². The lowest BCUT2D eigenvalue weighted by Gasteiger charge is -2.10. The fourth-order valence-corrected chi connectivity index (χ4v) is 1.57. The largest absolute Gasteiger partial charge is 0.495 e. The fourth-order valence-electron chi connectivity index (χ4n) is 1.57. The average Bonchev–Trinajstić information content (AvgIpc) is 2.85. The Morgan fingerprint density at radius 3 is 2.89 bits per heavy atom. The third-order valence-corrected chi connectivity index (χ3v) is 2.47. The number of aromatic nitrogens is 1. The number of ether oxygens (including phenoxy) is 1. The number of carbonyl (C=O) groups is 1. The molecule has 1 aromatic heterocycles. The number of rotatable bonds is 3. The Balaban J connectivity index is 2.33. The quantitative estimate of drug-likeness (QED) is 0.909. The van der Waals surface area contributed by atoms with Crippen LogP contribution in [0.1, 0.15) is 21.8 Å². The van der Waals surface area contributed by atoms with E-state index < -0.39 is 5.91 Å². The summed E-state index contributed by atoms with van der Waals surface area (Å²) in [5, 5.41) is 15.2. The van der Waals surface area contributed by atoms with Crippen LogP contribution in [0.3, 0.4) is 0 Å². The Kier molecular flexibility index (Phi) is 3.48. The maximum absolute atomic E-state index is 12.0. The topological polar surface area (TPSA) is 88.1 Å². The van der Waals surface area contributed by atoms with Crippen molar-refractivity contribution in [3.63, 3.8) is 0 Å². The highest BCUT2D eigenvalue weighted by atomic mass is 16.5. The van der Waals surface area contributed by atoms with E-state index in [1.807, 2.05) is 6.07 Å². The van der Waals surface area contributed by atoms with Crippen LogP contribution >= 0.6 is 0 Å². The van der Waals surface area contributed by atoms with Gasteiger partial charge in [-0.1, -0.05) is 11.2 Å². The van der Waals surface area contributed by atoms with E-state index in [4.69, 9.17) is 14.5 Å². The van der Waals surface area contributed by atoms with Gasteiger partial charge in [-0.2, -0.15) is 5.26 Å². The van der Waals surface area contributed by atoms with Crippen LogP contribution in [-0.2, 0) is 0 Å². The number of aryl methyl sites for hydroxylation is 1. The molecule has 0 fully saturated rings. The molecule has 1 heterocycles. The number of nitrogens with one attached hydrogen (secondary N) is 1. The Morgan fingerprint density at radius 2 is 2.32 bits per heavy atom. The van der Waals surface area contributed by atoms with Crippen molar-refractivity contribution in [3.8, 4) is 11.8 Å². The molecule has 96 valence electrons. The maximum Gasteiger partial charge on any atom is 0.277 e. The number of amides is 1. The van der Waals surface area contributed by atoms with Crippen LogP contribution < -0.4 is 10.1 Å². The third-order valence-electron chi connectivity index (χ3n) is 2.47. The second-order valence-corrected chi connectivity index (χ2v) is 3.77. The van der Waals surface area contributed by atoms with Gasteiger partial charge in [0, 0.05) is 6.07 Å². The molecule has 0 radical (unpaired) electrons. The molecule has 0 bridgehead atoms. The van der Waals surface area contributed by atoms with E-state index in [1.54, 1.807) is 25.1 Å². The summed E-state index contributed by atoms with van der Waals surface area (Å²) < 4.78 is 9.95. The first kappa shape index (κ1) is 12.6. The van der Waals surface area contributed by atoms with Crippen molar-refractivity contribution in [1.82, 2.24) is 5.16 Å². The highest BCUT2D eigenvalue weighted by Gasteiger charge is 2.16. The summed E-state index contributed by atoms with van der Waals surface area (Å²) in [6, 6.07) is 8.43. The van der Waals surface area contributed by atoms with Gasteiger partial charge in [0.2, 0.25) is 0 Å². The third kappa shape index (κ3) is 2.55. The number of hydrogen-bond donors (Lipinski definition) is 1. The SMILES string of the molecule is COc1cccc(C#N)c1NC(=O)c1cc(C)on1. The summed E-state index contributed by atoms with van der Waals surface area (Å²) in [5.41, 5.74) is 0.776.